The van der Waals surface area contributed by atoms with Crippen LogP contribution in [0.2, 0.25) is 0 Å². The van der Waals surface area contributed by atoms with Crippen LogP contribution in [0.25, 0.3) is 10.9 Å². The first-order valence-electron chi connectivity index (χ1n) is 9.10. The van der Waals surface area contributed by atoms with Gasteiger partial charge in [-0.3, -0.25) is 9.58 Å². The molecule has 0 radical (unpaired) electrons. The normalized spacial score (nSPS) is 16.3. The first kappa shape index (κ1) is 16.4. The molecule has 4 rings (SSSR count). The van der Waals surface area contributed by atoms with E-state index < -0.39 is 6.10 Å². The standard InChI is InChI=1S/C20H26N4O/c1-4-19(25)18-10-16-12-23(8-9-24(16)22-18)11-15-6-5-7-17-13(2)14(3)21-20(15)17/h5-7,10,19,21,25H,4,8-9,11-12H2,1-3H3/t19-/m0/s1. The average Bonchev–Trinajstić information content (AvgIpc) is 3.16. The van der Waals surface area contributed by atoms with E-state index in [1.54, 1.807) is 0 Å². The van der Waals surface area contributed by atoms with Crippen LogP contribution in [0.3, 0.4) is 0 Å². The number of fused-ring (bicyclic) bond motifs is 2. The van der Waals surface area contributed by atoms with Gasteiger partial charge in [0.25, 0.3) is 0 Å². The maximum atomic E-state index is 10.0. The Hall–Kier alpha value is -2.11. The van der Waals surface area contributed by atoms with Crippen LogP contribution in [0, 0.1) is 13.8 Å². The lowest BCUT2D eigenvalue weighted by atomic mass is 10.1. The summed E-state index contributed by atoms with van der Waals surface area (Å²) in [5.41, 5.74) is 7.19. The summed E-state index contributed by atoms with van der Waals surface area (Å²) in [4.78, 5) is 6.01. The van der Waals surface area contributed by atoms with Crippen LogP contribution in [-0.2, 0) is 19.6 Å². The van der Waals surface area contributed by atoms with Crippen LogP contribution in [0.5, 0.6) is 0 Å². The van der Waals surface area contributed by atoms with Gasteiger partial charge in [0.1, 0.15) is 0 Å². The Labute approximate surface area is 148 Å². The van der Waals surface area contributed by atoms with Gasteiger partial charge in [0.05, 0.1) is 29.6 Å². The minimum atomic E-state index is -0.454. The van der Waals surface area contributed by atoms with Gasteiger partial charge in [0, 0.05) is 30.7 Å². The van der Waals surface area contributed by atoms with Gasteiger partial charge in [-0.1, -0.05) is 25.1 Å². The van der Waals surface area contributed by atoms with Gasteiger partial charge >= 0.3 is 0 Å². The predicted octanol–water partition coefficient (Wildman–Crippen LogP) is 3.44. The van der Waals surface area contributed by atoms with Gasteiger partial charge < -0.3 is 10.1 Å². The van der Waals surface area contributed by atoms with Crippen molar-refractivity contribution in [3.05, 3.63) is 52.5 Å². The maximum absolute atomic E-state index is 10.0. The largest absolute Gasteiger partial charge is 0.387 e. The third-order valence-electron chi connectivity index (χ3n) is 5.45. The molecule has 2 aromatic heterocycles. The molecule has 2 N–H and O–H groups in total. The number of nitrogens with one attached hydrogen (secondary N) is 1. The number of aryl methyl sites for hydroxylation is 2. The van der Waals surface area contributed by atoms with E-state index in [-0.39, 0.29) is 0 Å². The lowest BCUT2D eigenvalue weighted by molar-refractivity contribution is 0.166. The zero-order valence-electron chi connectivity index (χ0n) is 15.2. The number of aliphatic hydroxyl groups is 1. The third kappa shape index (κ3) is 2.87. The van der Waals surface area contributed by atoms with Crippen molar-refractivity contribution in [3.63, 3.8) is 0 Å². The van der Waals surface area contributed by atoms with Crippen molar-refractivity contribution in [3.8, 4) is 0 Å². The number of nitrogens with zero attached hydrogens (tertiary/aromatic N) is 3. The first-order valence-corrected chi connectivity index (χ1v) is 9.10. The van der Waals surface area contributed by atoms with Crippen molar-refractivity contribution in [1.29, 1.82) is 0 Å². The number of hydrogen-bond acceptors (Lipinski definition) is 3. The zero-order chi connectivity index (χ0) is 17.6. The first-order chi connectivity index (χ1) is 12.1. The molecule has 3 heterocycles. The van der Waals surface area contributed by atoms with Crippen LogP contribution in [-0.4, -0.2) is 31.3 Å². The highest BCUT2D eigenvalue weighted by Gasteiger charge is 2.21. The van der Waals surface area contributed by atoms with Gasteiger partial charge in [-0.2, -0.15) is 5.10 Å². The molecule has 25 heavy (non-hydrogen) atoms. The number of aromatic amines is 1. The second-order valence-corrected chi connectivity index (χ2v) is 7.13. The summed E-state index contributed by atoms with van der Waals surface area (Å²) in [6.07, 6.45) is 0.249. The molecule has 0 spiro atoms. The summed E-state index contributed by atoms with van der Waals surface area (Å²) in [5, 5.41) is 15.9. The summed E-state index contributed by atoms with van der Waals surface area (Å²) in [6, 6.07) is 8.63. The number of para-hydroxylation sites is 1. The molecule has 0 saturated heterocycles. The van der Waals surface area contributed by atoms with Crippen molar-refractivity contribution >= 4 is 10.9 Å². The molecule has 0 bridgehead atoms. The summed E-state index contributed by atoms with van der Waals surface area (Å²) in [5.74, 6) is 0. The van der Waals surface area contributed by atoms with Crippen LogP contribution in [0.1, 0.15) is 47.7 Å². The highest BCUT2D eigenvalue weighted by atomic mass is 16.3. The van der Waals surface area contributed by atoms with Gasteiger partial charge in [0.2, 0.25) is 0 Å². The minimum absolute atomic E-state index is 0.454. The zero-order valence-corrected chi connectivity index (χ0v) is 15.2. The van der Waals surface area contributed by atoms with Gasteiger partial charge in [-0.25, -0.2) is 0 Å². The van der Waals surface area contributed by atoms with Gasteiger partial charge in [-0.15, -0.1) is 0 Å². The Morgan fingerprint density at radius 3 is 2.92 bits per heavy atom. The Kier molecular flexibility index (Phi) is 4.13. The molecule has 0 saturated carbocycles. The maximum Gasteiger partial charge on any atom is 0.0975 e. The Morgan fingerprint density at radius 1 is 1.28 bits per heavy atom. The van der Waals surface area contributed by atoms with E-state index in [0.717, 1.165) is 31.9 Å². The van der Waals surface area contributed by atoms with Crippen LogP contribution >= 0.6 is 0 Å². The van der Waals surface area contributed by atoms with E-state index in [1.807, 2.05) is 11.6 Å². The average molecular weight is 338 g/mol. The molecule has 1 aliphatic heterocycles. The quantitative estimate of drug-likeness (QED) is 0.766. The van der Waals surface area contributed by atoms with Crippen LogP contribution < -0.4 is 0 Å². The topological polar surface area (TPSA) is 57.1 Å². The number of benzene rings is 1. The van der Waals surface area contributed by atoms with E-state index in [4.69, 9.17) is 0 Å². The molecule has 5 heteroatoms. The molecule has 3 aromatic rings. The lowest BCUT2D eigenvalue weighted by Crippen LogP contribution is -2.33. The second kappa shape index (κ2) is 6.32. The number of hydrogen-bond donors (Lipinski definition) is 2. The Balaban J connectivity index is 1.57. The minimum Gasteiger partial charge on any atom is -0.387 e. The Morgan fingerprint density at radius 2 is 2.12 bits per heavy atom. The van der Waals surface area contributed by atoms with Gasteiger partial charge in [0.15, 0.2) is 0 Å². The Bertz CT molecular complexity index is 908. The highest BCUT2D eigenvalue weighted by Crippen LogP contribution is 2.26. The van der Waals surface area contributed by atoms with E-state index in [9.17, 15) is 5.11 Å². The number of aliphatic hydroxyl groups excluding tert-OH is 1. The van der Waals surface area contributed by atoms with Crippen molar-refractivity contribution in [2.75, 3.05) is 6.54 Å². The highest BCUT2D eigenvalue weighted by molar-refractivity contribution is 5.87. The fraction of sp³-hybridized carbons (Fsp3) is 0.450. The SMILES string of the molecule is CC[C@H](O)c1cc2n(n1)CCN(Cc1cccc3c(C)c(C)[nH]c13)C2. The predicted molar refractivity (Wildman–Crippen MR) is 99.4 cm³/mol. The molecule has 1 aromatic carbocycles. The van der Waals surface area contributed by atoms with Crippen LogP contribution in [0.4, 0.5) is 0 Å². The number of H-pyrrole nitrogens is 1. The van der Waals surface area contributed by atoms with Crippen molar-refractivity contribution in [2.24, 2.45) is 0 Å². The lowest BCUT2D eigenvalue weighted by Gasteiger charge is -2.27. The van der Waals surface area contributed by atoms with Gasteiger partial charge in [-0.05, 0) is 37.5 Å². The van der Waals surface area contributed by atoms with Crippen molar-refractivity contribution < 1.29 is 5.11 Å². The number of aromatic nitrogens is 3. The molecule has 0 unspecified atom stereocenters. The van der Waals surface area contributed by atoms with E-state index in [0.29, 0.717) is 6.42 Å². The van der Waals surface area contributed by atoms with E-state index in [1.165, 1.54) is 33.4 Å². The molecule has 5 nitrogen and oxygen atoms in total. The second-order valence-electron chi connectivity index (χ2n) is 7.13. The fourth-order valence-electron chi connectivity index (χ4n) is 3.77. The number of rotatable bonds is 4. The molecular formula is C20H26N4O. The molecule has 0 fully saturated rings. The molecule has 1 aliphatic rings. The molecule has 0 amide bonds. The molecular weight excluding hydrogens is 312 g/mol. The van der Waals surface area contributed by atoms with E-state index in [2.05, 4.69) is 53.1 Å². The smallest absolute Gasteiger partial charge is 0.0975 e. The van der Waals surface area contributed by atoms with E-state index >= 15 is 0 Å². The molecule has 0 aliphatic carbocycles. The summed E-state index contributed by atoms with van der Waals surface area (Å²) in [6.45, 7) is 9.95. The van der Waals surface area contributed by atoms with Crippen LogP contribution in [0.15, 0.2) is 24.3 Å². The van der Waals surface area contributed by atoms with Crippen molar-refractivity contribution in [2.45, 2.75) is 52.9 Å². The molecule has 132 valence electrons. The fourth-order valence-corrected chi connectivity index (χ4v) is 3.77. The monoisotopic (exact) mass is 338 g/mol. The third-order valence-corrected chi connectivity index (χ3v) is 5.45. The summed E-state index contributed by atoms with van der Waals surface area (Å²) >= 11 is 0. The summed E-state index contributed by atoms with van der Waals surface area (Å²) < 4.78 is 2.05. The van der Waals surface area contributed by atoms with Crippen molar-refractivity contribution in [1.82, 2.24) is 19.7 Å². The summed E-state index contributed by atoms with van der Waals surface area (Å²) in [7, 11) is 0. The molecule has 1 atom stereocenters.